The lowest BCUT2D eigenvalue weighted by molar-refractivity contribution is -0.121. The number of amides is 1. The summed E-state index contributed by atoms with van der Waals surface area (Å²) in [5.41, 5.74) is 4.15. The predicted octanol–water partition coefficient (Wildman–Crippen LogP) is 5.50. The zero-order chi connectivity index (χ0) is 22.3. The topological polar surface area (TPSA) is 80.9 Å². The lowest BCUT2D eigenvalue weighted by Gasteiger charge is -2.06. The maximum atomic E-state index is 12.1. The van der Waals surface area contributed by atoms with Gasteiger partial charge in [-0.25, -0.2) is 4.98 Å². The Labute approximate surface area is 195 Å². The number of nitrogens with zero attached hydrogens (tertiary/aromatic N) is 3. The van der Waals surface area contributed by atoms with Crippen LogP contribution in [0.15, 0.2) is 58.4 Å². The third kappa shape index (κ3) is 6.02. The quantitative estimate of drug-likeness (QED) is 0.352. The summed E-state index contributed by atoms with van der Waals surface area (Å²) < 4.78 is 5.28. The molecular formula is C24H23ClN4O2S. The molecule has 0 aliphatic rings. The summed E-state index contributed by atoms with van der Waals surface area (Å²) >= 11 is 7.55. The molecule has 2 heterocycles. The van der Waals surface area contributed by atoms with Crippen molar-refractivity contribution in [3.8, 4) is 22.6 Å². The number of halogens is 1. The average molecular weight is 467 g/mol. The zero-order valence-corrected chi connectivity index (χ0v) is 19.2. The second kappa shape index (κ2) is 10.5. The number of aromatic nitrogens is 3. The van der Waals surface area contributed by atoms with Crippen molar-refractivity contribution in [2.24, 2.45) is 0 Å². The van der Waals surface area contributed by atoms with Crippen LogP contribution in [0.3, 0.4) is 0 Å². The first-order valence-electron chi connectivity index (χ1n) is 10.4. The van der Waals surface area contributed by atoms with E-state index in [2.05, 4.69) is 50.1 Å². The second-order valence-corrected chi connectivity index (χ2v) is 8.92. The Morgan fingerprint density at radius 2 is 1.78 bits per heavy atom. The molecule has 0 radical (unpaired) electrons. The standard InChI is InChI=1S/C24H23ClN4O2S/c1-16-27-21(15-32-16)18-7-5-17(6-8-18)13-14-26-22(30)3-2-4-23-28-24(29-31-23)19-9-11-20(25)12-10-19/h5-12,15H,2-4,13-14H2,1H3,(H,26,30). The van der Waals surface area contributed by atoms with Crippen LogP contribution in [0, 0.1) is 6.92 Å². The SMILES string of the molecule is Cc1nc(-c2ccc(CCNC(=O)CCCc3nc(-c4ccc(Cl)cc4)no3)cc2)cs1. The second-order valence-electron chi connectivity index (χ2n) is 7.42. The van der Waals surface area contributed by atoms with E-state index in [-0.39, 0.29) is 5.91 Å². The van der Waals surface area contributed by atoms with Crippen LogP contribution in [0.5, 0.6) is 0 Å². The molecule has 8 heteroatoms. The van der Waals surface area contributed by atoms with E-state index in [9.17, 15) is 4.79 Å². The van der Waals surface area contributed by atoms with Crippen LogP contribution in [-0.4, -0.2) is 27.6 Å². The van der Waals surface area contributed by atoms with Gasteiger partial charge in [0.2, 0.25) is 17.6 Å². The molecule has 0 aliphatic carbocycles. The number of aryl methyl sites for hydroxylation is 2. The first kappa shape index (κ1) is 22.2. The fourth-order valence-electron chi connectivity index (χ4n) is 3.25. The largest absolute Gasteiger partial charge is 0.356 e. The molecule has 0 bridgehead atoms. The van der Waals surface area contributed by atoms with Gasteiger partial charge in [-0.3, -0.25) is 4.79 Å². The number of hydrogen-bond acceptors (Lipinski definition) is 6. The average Bonchev–Trinajstić information content (AvgIpc) is 3.44. The van der Waals surface area contributed by atoms with Crippen LogP contribution in [-0.2, 0) is 17.6 Å². The third-order valence-electron chi connectivity index (χ3n) is 4.97. The Morgan fingerprint density at radius 3 is 2.50 bits per heavy atom. The van der Waals surface area contributed by atoms with Crippen molar-refractivity contribution in [3.05, 3.63) is 75.4 Å². The molecule has 0 saturated carbocycles. The Morgan fingerprint density at radius 1 is 1.03 bits per heavy atom. The Hall–Kier alpha value is -3.03. The normalized spacial score (nSPS) is 10.9. The Kier molecular flexibility index (Phi) is 7.29. The summed E-state index contributed by atoms with van der Waals surface area (Å²) in [6.45, 7) is 2.61. The van der Waals surface area contributed by atoms with E-state index in [1.54, 1.807) is 23.5 Å². The molecule has 0 saturated heterocycles. The van der Waals surface area contributed by atoms with E-state index < -0.39 is 0 Å². The van der Waals surface area contributed by atoms with Crippen LogP contribution in [0.4, 0.5) is 0 Å². The number of nitrogens with one attached hydrogen (secondary N) is 1. The molecule has 32 heavy (non-hydrogen) atoms. The maximum absolute atomic E-state index is 12.1. The van der Waals surface area contributed by atoms with Gasteiger partial charge in [0.15, 0.2) is 0 Å². The molecule has 6 nitrogen and oxygen atoms in total. The lowest BCUT2D eigenvalue weighted by Crippen LogP contribution is -2.25. The number of rotatable bonds is 9. The molecule has 0 fully saturated rings. The fourth-order valence-corrected chi connectivity index (χ4v) is 3.99. The molecule has 1 amide bonds. The summed E-state index contributed by atoms with van der Waals surface area (Å²) in [4.78, 5) is 21.0. The van der Waals surface area contributed by atoms with Gasteiger partial charge in [0.1, 0.15) is 0 Å². The third-order valence-corrected chi connectivity index (χ3v) is 6.00. The van der Waals surface area contributed by atoms with Gasteiger partial charge in [0.25, 0.3) is 0 Å². The molecule has 1 N–H and O–H groups in total. The van der Waals surface area contributed by atoms with E-state index in [1.807, 2.05) is 19.1 Å². The molecule has 0 unspecified atom stereocenters. The summed E-state index contributed by atoms with van der Waals surface area (Å²) in [6.07, 6.45) is 2.42. The number of thiazole rings is 1. The van der Waals surface area contributed by atoms with Gasteiger partial charge >= 0.3 is 0 Å². The minimum absolute atomic E-state index is 0.0250. The van der Waals surface area contributed by atoms with Crippen molar-refractivity contribution in [2.45, 2.75) is 32.6 Å². The smallest absolute Gasteiger partial charge is 0.226 e. The minimum atomic E-state index is 0.0250. The summed E-state index contributed by atoms with van der Waals surface area (Å²) in [5, 5.41) is 10.8. The number of hydrogen-bond donors (Lipinski definition) is 1. The summed E-state index contributed by atoms with van der Waals surface area (Å²) in [6, 6.07) is 15.6. The van der Waals surface area contributed by atoms with Crippen molar-refractivity contribution in [1.82, 2.24) is 20.4 Å². The van der Waals surface area contributed by atoms with Crippen LogP contribution in [0.2, 0.25) is 5.02 Å². The lowest BCUT2D eigenvalue weighted by atomic mass is 10.1. The highest BCUT2D eigenvalue weighted by atomic mass is 35.5. The van der Waals surface area contributed by atoms with Gasteiger partial charge in [0.05, 0.1) is 10.7 Å². The molecule has 0 aliphatic heterocycles. The molecule has 4 rings (SSSR count). The van der Waals surface area contributed by atoms with Gasteiger partial charge in [-0.15, -0.1) is 11.3 Å². The van der Waals surface area contributed by atoms with Gasteiger partial charge in [-0.2, -0.15) is 4.98 Å². The monoisotopic (exact) mass is 466 g/mol. The maximum Gasteiger partial charge on any atom is 0.226 e. The van der Waals surface area contributed by atoms with Gasteiger partial charge in [-0.05, 0) is 49.6 Å². The van der Waals surface area contributed by atoms with E-state index in [0.717, 1.165) is 28.2 Å². The number of carbonyl (C=O) groups excluding carboxylic acids is 1. The fraction of sp³-hybridized carbons (Fsp3) is 0.250. The summed E-state index contributed by atoms with van der Waals surface area (Å²) in [5.74, 6) is 1.08. The molecule has 0 spiro atoms. The minimum Gasteiger partial charge on any atom is -0.356 e. The van der Waals surface area contributed by atoms with Crippen molar-refractivity contribution in [2.75, 3.05) is 6.54 Å². The molecular weight excluding hydrogens is 444 g/mol. The first-order chi connectivity index (χ1) is 15.6. The summed E-state index contributed by atoms with van der Waals surface area (Å²) in [7, 11) is 0. The van der Waals surface area contributed by atoms with E-state index in [1.165, 1.54) is 5.56 Å². The van der Waals surface area contributed by atoms with Crippen LogP contribution >= 0.6 is 22.9 Å². The van der Waals surface area contributed by atoms with Crippen molar-refractivity contribution >= 4 is 28.8 Å². The van der Waals surface area contributed by atoms with Gasteiger partial charge in [0, 0.05) is 40.9 Å². The van der Waals surface area contributed by atoms with E-state index in [4.69, 9.17) is 16.1 Å². The molecule has 0 atom stereocenters. The molecule has 2 aromatic heterocycles. The highest BCUT2D eigenvalue weighted by molar-refractivity contribution is 7.09. The first-order valence-corrected chi connectivity index (χ1v) is 11.7. The van der Waals surface area contributed by atoms with Crippen molar-refractivity contribution in [1.29, 1.82) is 0 Å². The van der Waals surface area contributed by atoms with E-state index in [0.29, 0.717) is 42.5 Å². The van der Waals surface area contributed by atoms with Crippen molar-refractivity contribution < 1.29 is 9.32 Å². The number of carbonyl (C=O) groups is 1. The highest BCUT2D eigenvalue weighted by Gasteiger charge is 2.10. The molecule has 4 aromatic rings. The van der Waals surface area contributed by atoms with Gasteiger partial charge < -0.3 is 9.84 Å². The predicted molar refractivity (Wildman–Crippen MR) is 127 cm³/mol. The van der Waals surface area contributed by atoms with Crippen LogP contribution < -0.4 is 5.32 Å². The zero-order valence-electron chi connectivity index (χ0n) is 17.7. The number of benzene rings is 2. The van der Waals surface area contributed by atoms with Crippen LogP contribution in [0.1, 0.15) is 29.3 Å². The molecule has 164 valence electrons. The van der Waals surface area contributed by atoms with E-state index >= 15 is 0 Å². The molecule has 2 aromatic carbocycles. The van der Waals surface area contributed by atoms with Crippen LogP contribution in [0.25, 0.3) is 22.6 Å². The Bertz CT molecular complexity index is 1170. The highest BCUT2D eigenvalue weighted by Crippen LogP contribution is 2.22. The Balaban J connectivity index is 1.16. The van der Waals surface area contributed by atoms with Crippen molar-refractivity contribution in [3.63, 3.8) is 0 Å². The van der Waals surface area contributed by atoms with Gasteiger partial charge in [-0.1, -0.05) is 41.0 Å².